The Labute approximate surface area is 89.9 Å². The Morgan fingerprint density at radius 1 is 1.33 bits per heavy atom. The van der Waals surface area contributed by atoms with Gasteiger partial charge in [-0.15, -0.1) is 0 Å². The van der Waals surface area contributed by atoms with Crippen molar-refractivity contribution in [2.75, 3.05) is 0 Å². The first kappa shape index (κ1) is 9.22. The van der Waals surface area contributed by atoms with Gasteiger partial charge in [0.15, 0.2) is 0 Å². The summed E-state index contributed by atoms with van der Waals surface area (Å²) in [5.74, 6) is 0.912. The lowest BCUT2D eigenvalue weighted by atomic mass is 10.0. The molecule has 2 atom stereocenters. The lowest BCUT2D eigenvalue weighted by molar-refractivity contribution is 0.0653. The SMILES string of the molecule is CCC1Oc2cc3c(cc2C1O)CCC3. The van der Waals surface area contributed by atoms with Gasteiger partial charge in [-0.1, -0.05) is 6.92 Å². The number of ether oxygens (including phenoxy) is 1. The van der Waals surface area contributed by atoms with Crippen molar-refractivity contribution < 1.29 is 9.84 Å². The molecule has 15 heavy (non-hydrogen) atoms. The van der Waals surface area contributed by atoms with Crippen LogP contribution in [0, 0.1) is 0 Å². The predicted octanol–water partition coefficient (Wildman–Crippen LogP) is 2.38. The monoisotopic (exact) mass is 204 g/mol. The molecule has 1 heterocycles. The summed E-state index contributed by atoms with van der Waals surface area (Å²) >= 11 is 0. The van der Waals surface area contributed by atoms with E-state index in [1.54, 1.807) is 0 Å². The number of aryl methyl sites for hydroxylation is 2. The number of hydrogen-bond donors (Lipinski definition) is 1. The molecule has 1 aliphatic carbocycles. The molecule has 1 aliphatic heterocycles. The third-order valence-corrected chi connectivity index (χ3v) is 3.58. The van der Waals surface area contributed by atoms with Crippen LogP contribution in [0.5, 0.6) is 5.75 Å². The normalized spacial score (nSPS) is 27.3. The summed E-state index contributed by atoms with van der Waals surface area (Å²) in [6, 6.07) is 4.29. The van der Waals surface area contributed by atoms with Crippen LogP contribution in [0.25, 0.3) is 0 Å². The zero-order valence-corrected chi connectivity index (χ0v) is 8.99. The van der Waals surface area contributed by atoms with Crippen molar-refractivity contribution in [2.45, 2.75) is 44.8 Å². The third kappa shape index (κ3) is 1.28. The molecule has 1 aromatic carbocycles. The predicted molar refractivity (Wildman–Crippen MR) is 58.1 cm³/mol. The Hall–Kier alpha value is -1.02. The number of rotatable bonds is 1. The van der Waals surface area contributed by atoms with Crippen LogP contribution in [0.15, 0.2) is 12.1 Å². The van der Waals surface area contributed by atoms with Crippen molar-refractivity contribution in [2.24, 2.45) is 0 Å². The van der Waals surface area contributed by atoms with Gasteiger partial charge in [0, 0.05) is 5.56 Å². The number of aliphatic hydroxyl groups is 1. The number of fused-ring (bicyclic) bond motifs is 2. The van der Waals surface area contributed by atoms with Gasteiger partial charge >= 0.3 is 0 Å². The molecule has 2 unspecified atom stereocenters. The fourth-order valence-corrected chi connectivity index (χ4v) is 2.69. The van der Waals surface area contributed by atoms with Gasteiger partial charge in [-0.3, -0.25) is 0 Å². The molecule has 1 N–H and O–H groups in total. The summed E-state index contributed by atoms with van der Waals surface area (Å²) in [6.45, 7) is 2.05. The number of benzene rings is 1. The van der Waals surface area contributed by atoms with Crippen LogP contribution in [0.1, 0.15) is 42.6 Å². The topological polar surface area (TPSA) is 29.5 Å². The maximum Gasteiger partial charge on any atom is 0.129 e. The Morgan fingerprint density at radius 2 is 2.07 bits per heavy atom. The average molecular weight is 204 g/mol. The first-order valence-electron chi connectivity index (χ1n) is 5.80. The molecule has 0 saturated carbocycles. The van der Waals surface area contributed by atoms with Gasteiger partial charge in [0.05, 0.1) is 0 Å². The highest BCUT2D eigenvalue weighted by molar-refractivity contribution is 5.48. The van der Waals surface area contributed by atoms with Crippen LogP contribution in [-0.2, 0) is 12.8 Å². The maximum absolute atomic E-state index is 10.0. The highest BCUT2D eigenvalue weighted by atomic mass is 16.5. The maximum atomic E-state index is 10.0. The molecule has 0 fully saturated rings. The average Bonchev–Trinajstić information content (AvgIpc) is 2.80. The van der Waals surface area contributed by atoms with Crippen molar-refractivity contribution in [1.82, 2.24) is 0 Å². The van der Waals surface area contributed by atoms with Gasteiger partial charge in [0.1, 0.15) is 18.0 Å². The standard InChI is InChI=1S/C13H16O2/c1-2-11-13(14)10-6-8-4-3-5-9(8)7-12(10)15-11/h6-7,11,13-14H,2-5H2,1H3. The van der Waals surface area contributed by atoms with Crippen LogP contribution >= 0.6 is 0 Å². The first-order valence-corrected chi connectivity index (χ1v) is 5.80. The Kier molecular flexibility index (Phi) is 1.99. The van der Waals surface area contributed by atoms with Crippen molar-refractivity contribution in [1.29, 1.82) is 0 Å². The fourth-order valence-electron chi connectivity index (χ4n) is 2.69. The minimum Gasteiger partial charge on any atom is -0.487 e. The zero-order chi connectivity index (χ0) is 10.4. The van der Waals surface area contributed by atoms with Gasteiger partial charge in [-0.25, -0.2) is 0 Å². The zero-order valence-electron chi connectivity index (χ0n) is 8.99. The van der Waals surface area contributed by atoms with Crippen molar-refractivity contribution in [3.63, 3.8) is 0 Å². The van der Waals surface area contributed by atoms with Crippen molar-refractivity contribution >= 4 is 0 Å². The van der Waals surface area contributed by atoms with E-state index in [-0.39, 0.29) is 6.10 Å². The molecule has 0 saturated heterocycles. The molecule has 0 radical (unpaired) electrons. The largest absolute Gasteiger partial charge is 0.487 e. The van der Waals surface area contributed by atoms with E-state index in [2.05, 4.69) is 12.1 Å². The van der Waals surface area contributed by atoms with E-state index in [0.717, 1.165) is 24.2 Å². The van der Waals surface area contributed by atoms with Crippen LogP contribution < -0.4 is 4.74 Å². The molecule has 0 spiro atoms. The highest BCUT2D eigenvalue weighted by Crippen LogP contribution is 2.41. The lowest BCUT2D eigenvalue weighted by Gasteiger charge is -2.10. The first-order chi connectivity index (χ1) is 7.29. The second kappa shape index (κ2) is 3.24. The van der Waals surface area contributed by atoms with Gasteiger partial charge in [-0.05, 0) is 48.9 Å². The molecule has 0 amide bonds. The van der Waals surface area contributed by atoms with E-state index < -0.39 is 6.10 Å². The van der Waals surface area contributed by atoms with E-state index in [9.17, 15) is 5.11 Å². The molecular weight excluding hydrogens is 188 g/mol. The third-order valence-electron chi connectivity index (χ3n) is 3.58. The van der Waals surface area contributed by atoms with E-state index in [1.165, 1.54) is 24.0 Å². The molecule has 80 valence electrons. The Morgan fingerprint density at radius 3 is 2.80 bits per heavy atom. The molecular formula is C13H16O2. The fraction of sp³-hybridized carbons (Fsp3) is 0.538. The van der Waals surface area contributed by atoms with E-state index >= 15 is 0 Å². The van der Waals surface area contributed by atoms with Crippen LogP contribution in [0.2, 0.25) is 0 Å². The Bertz CT molecular complexity index is 398. The summed E-state index contributed by atoms with van der Waals surface area (Å²) in [7, 11) is 0. The molecule has 0 bridgehead atoms. The van der Waals surface area contributed by atoms with Crippen LogP contribution in [-0.4, -0.2) is 11.2 Å². The van der Waals surface area contributed by atoms with Gasteiger partial charge < -0.3 is 9.84 Å². The molecule has 3 rings (SSSR count). The van der Waals surface area contributed by atoms with E-state index in [1.807, 2.05) is 6.92 Å². The molecule has 2 aliphatic rings. The van der Waals surface area contributed by atoms with Crippen LogP contribution in [0.3, 0.4) is 0 Å². The molecule has 2 nitrogen and oxygen atoms in total. The number of aliphatic hydroxyl groups excluding tert-OH is 1. The Balaban J connectivity index is 2.05. The quantitative estimate of drug-likeness (QED) is 0.761. The second-order valence-electron chi connectivity index (χ2n) is 4.52. The van der Waals surface area contributed by atoms with Gasteiger partial charge in [0.2, 0.25) is 0 Å². The van der Waals surface area contributed by atoms with Crippen molar-refractivity contribution in [3.05, 3.63) is 28.8 Å². The van der Waals surface area contributed by atoms with E-state index in [4.69, 9.17) is 4.74 Å². The summed E-state index contributed by atoms with van der Waals surface area (Å²) < 4.78 is 5.74. The summed E-state index contributed by atoms with van der Waals surface area (Å²) in [5.41, 5.74) is 3.83. The van der Waals surface area contributed by atoms with Gasteiger partial charge in [0.25, 0.3) is 0 Å². The van der Waals surface area contributed by atoms with E-state index in [0.29, 0.717) is 0 Å². The second-order valence-corrected chi connectivity index (χ2v) is 4.52. The molecule has 1 aromatic rings. The van der Waals surface area contributed by atoms with Crippen LogP contribution in [0.4, 0.5) is 0 Å². The van der Waals surface area contributed by atoms with Gasteiger partial charge in [-0.2, -0.15) is 0 Å². The lowest BCUT2D eigenvalue weighted by Crippen LogP contribution is -2.16. The summed E-state index contributed by atoms with van der Waals surface area (Å²) in [4.78, 5) is 0. The van der Waals surface area contributed by atoms with Crippen molar-refractivity contribution in [3.8, 4) is 5.75 Å². The highest BCUT2D eigenvalue weighted by Gasteiger charge is 2.32. The summed E-state index contributed by atoms with van der Waals surface area (Å²) in [6.07, 6.45) is 3.97. The molecule has 2 heteroatoms. The smallest absolute Gasteiger partial charge is 0.129 e. The summed E-state index contributed by atoms with van der Waals surface area (Å²) in [5, 5.41) is 10.0. The minimum absolute atomic E-state index is 0.0393. The molecule has 0 aromatic heterocycles. The minimum atomic E-state index is -0.420. The number of hydrogen-bond acceptors (Lipinski definition) is 2.